The zero-order chi connectivity index (χ0) is 24.8. The van der Waals surface area contributed by atoms with E-state index < -0.39 is 23.4 Å². The van der Waals surface area contributed by atoms with Crippen LogP contribution in [0.15, 0.2) is 42.5 Å². The number of aromatic nitrogens is 2. The Morgan fingerprint density at radius 1 is 1.21 bits per heavy atom. The molecule has 0 atom stereocenters. The van der Waals surface area contributed by atoms with E-state index in [2.05, 4.69) is 10.4 Å². The van der Waals surface area contributed by atoms with Gasteiger partial charge < -0.3 is 14.8 Å². The summed E-state index contributed by atoms with van der Waals surface area (Å²) in [7, 11) is 0. The van der Waals surface area contributed by atoms with Crippen LogP contribution in [0.3, 0.4) is 0 Å². The van der Waals surface area contributed by atoms with Crippen LogP contribution < -0.4 is 10.1 Å². The number of carbonyl (C=O) groups excluding carboxylic acids is 2. The summed E-state index contributed by atoms with van der Waals surface area (Å²) in [5.74, 6) is -1.14. The molecule has 34 heavy (non-hydrogen) atoms. The van der Waals surface area contributed by atoms with Gasteiger partial charge in [0, 0.05) is 5.02 Å². The topological polar surface area (TPSA) is 126 Å². The van der Waals surface area contributed by atoms with Crippen molar-refractivity contribution >= 4 is 34.9 Å². The Bertz CT molecular complexity index is 1240. The van der Waals surface area contributed by atoms with E-state index in [1.54, 1.807) is 31.5 Å². The molecule has 3 aromatic rings. The number of hydrogen-bond donors (Lipinski definition) is 1. The van der Waals surface area contributed by atoms with E-state index in [9.17, 15) is 19.7 Å². The Labute approximate surface area is 200 Å². The molecule has 0 unspecified atom stereocenters. The Balaban J connectivity index is 1.67. The molecule has 11 heteroatoms. The number of esters is 1. The van der Waals surface area contributed by atoms with E-state index in [4.69, 9.17) is 21.1 Å². The van der Waals surface area contributed by atoms with Crippen molar-refractivity contribution in [3.63, 3.8) is 0 Å². The largest absolute Gasteiger partial charge is 0.494 e. The van der Waals surface area contributed by atoms with Crippen LogP contribution in [0.25, 0.3) is 0 Å². The highest BCUT2D eigenvalue weighted by molar-refractivity contribution is 6.31. The van der Waals surface area contributed by atoms with Crippen LogP contribution in [0.5, 0.6) is 5.75 Å². The molecular weight excluding hydrogens is 464 g/mol. The SMILES string of the molecule is CCOc1ccc(NC(=O)COC(=O)c2c(C)nn(Cc3ccccc3Cl)c2C)c([N+](=O)[O-])c1. The number of nitro groups is 1. The third-order valence-electron chi connectivity index (χ3n) is 4.95. The molecule has 0 aliphatic heterocycles. The minimum atomic E-state index is -0.725. The van der Waals surface area contributed by atoms with Crippen LogP contribution >= 0.6 is 11.6 Å². The number of anilines is 1. The second kappa shape index (κ2) is 10.8. The minimum Gasteiger partial charge on any atom is -0.494 e. The maximum Gasteiger partial charge on any atom is 0.342 e. The van der Waals surface area contributed by atoms with Crippen LogP contribution in [-0.4, -0.2) is 39.8 Å². The van der Waals surface area contributed by atoms with Gasteiger partial charge in [0.15, 0.2) is 6.61 Å². The van der Waals surface area contributed by atoms with Gasteiger partial charge in [0.25, 0.3) is 11.6 Å². The second-order valence-electron chi connectivity index (χ2n) is 7.29. The van der Waals surface area contributed by atoms with Crippen molar-refractivity contribution in [1.82, 2.24) is 9.78 Å². The lowest BCUT2D eigenvalue weighted by atomic mass is 10.2. The first-order valence-electron chi connectivity index (χ1n) is 10.4. The van der Waals surface area contributed by atoms with E-state index in [1.165, 1.54) is 18.2 Å². The van der Waals surface area contributed by atoms with Gasteiger partial charge in [0.2, 0.25) is 0 Å². The number of nitrogens with zero attached hydrogens (tertiary/aromatic N) is 3. The van der Waals surface area contributed by atoms with E-state index >= 15 is 0 Å². The van der Waals surface area contributed by atoms with Gasteiger partial charge in [-0.05, 0) is 44.5 Å². The first-order valence-corrected chi connectivity index (χ1v) is 10.7. The summed E-state index contributed by atoms with van der Waals surface area (Å²) in [5, 5.41) is 18.7. The molecule has 0 bridgehead atoms. The van der Waals surface area contributed by atoms with Gasteiger partial charge in [-0.1, -0.05) is 29.8 Å². The summed E-state index contributed by atoms with van der Waals surface area (Å²) in [4.78, 5) is 35.7. The fraction of sp³-hybridized carbons (Fsp3) is 0.261. The smallest absolute Gasteiger partial charge is 0.342 e. The Morgan fingerprint density at radius 2 is 1.94 bits per heavy atom. The van der Waals surface area contributed by atoms with E-state index in [1.807, 2.05) is 18.2 Å². The number of carbonyl (C=O) groups is 2. The Morgan fingerprint density at radius 3 is 2.62 bits per heavy atom. The van der Waals surface area contributed by atoms with Gasteiger partial charge in [0.1, 0.15) is 17.0 Å². The third kappa shape index (κ3) is 5.70. The number of rotatable bonds is 9. The van der Waals surface area contributed by atoms with Gasteiger partial charge in [-0.3, -0.25) is 19.6 Å². The molecule has 1 amide bonds. The van der Waals surface area contributed by atoms with Gasteiger partial charge in [-0.2, -0.15) is 5.10 Å². The molecule has 10 nitrogen and oxygen atoms in total. The van der Waals surface area contributed by atoms with Crippen molar-refractivity contribution in [2.24, 2.45) is 0 Å². The molecule has 0 fully saturated rings. The van der Waals surface area contributed by atoms with Crippen LogP contribution in [0.2, 0.25) is 5.02 Å². The van der Waals surface area contributed by atoms with Crippen molar-refractivity contribution in [3.8, 4) is 5.75 Å². The molecular formula is C23H23ClN4O6. The summed E-state index contributed by atoms with van der Waals surface area (Å²) in [5.41, 5.74) is 1.72. The van der Waals surface area contributed by atoms with Crippen molar-refractivity contribution < 1.29 is 24.0 Å². The highest BCUT2D eigenvalue weighted by Crippen LogP contribution is 2.29. The predicted molar refractivity (Wildman–Crippen MR) is 125 cm³/mol. The summed E-state index contributed by atoms with van der Waals surface area (Å²) < 4.78 is 12.0. The molecule has 0 aliphatic rings. The molecule has 178 valence electrons. The van der Waals surface area contributed by atoms with Crippen LogP contribution in [0.1, 0.15) is 34.2 Å². The molecule has 0 spiro atoms. The maximum atomic E-state index is 12.7. The normalized spacial score (nSPS) is 10.6. The summed E-state index contributed by atoms with van der Waals surface area (Å²) in [6, 6.07) is 11.4. The fourth-order valence-electron chi connectivity index (χ4n) is 3.35. The quantitative estimate of drug-likeness (QED) is 0.271. The number of amides is 1. The lowest BCUT2D eigenvalue weighted by molar-refractivity contribution is -0.384. The minimum absolute atomic E-state index is 0.0329. The predicted octanol–water partition coefficient (Wildman–Crippen LogP) is 4.30. The summed E-state index contributed by atoms with van der Waals surface area (Å²) >= 11 is 6.22. The maximum absolute atomic E-state index is 12.7. The second-order valence-corrected chi connectivity index (χ2v) is 7.70. The Kier molecular flexibility index (Phi) is 7.85. The standard InChI is InChI=1S/C23H23ClN4O6/c1-4-33-17-9-10-19(20(11-17)28(31)32)25-21(29)13-34-23(30)22-14(2)26-27(15(22)3)12-16-7-5-6-8-18(16)24/h5-11H,4,12-13H2,1-3H3,(H,25,29). The summed E-state index contributed by atoms with van der Waals surface area (Å²) in [6.45, 7) is 5.21. The number of benzene rings is 2. The van der Waals surface area contributed by atoms with Gasteiger partial charge in [-0.15, -0.1) is 0 Å². The van der Waals surface area contributed by atoms with Gasteiger partial charge >= 0.3 is 5.97 Å². The lowest BCUT2D eigenvalue weighted by Gasteiger charge is -2.09. The molecule has 0 saturated heterocycles. The number of nitrogens with one attached hydrogen (secondary N) is 1. The van der Waals surface area contributed by atoms with E-state index in [0.29, 0.717) is 35.3 Å². The van der Waals surface area contributed by atoms with Crippen molar-refractivity contribution in [3.05, 3.63) is 80.1 Å². The molecule has 0 saturated carbocycles. The van der Waals surface area contributed by atoms with Crippen molar-refractivity contribution in [1.29, 1.82) is 0 Å². The fourth-order valence-corrected chi connectivity index (χ4v) is 3.54. The average Bonchev–Trinajstić information content (AvgIpc) is 3.07. The third-order valence-corrected chi connectivity index (χ3v) is 5.32. The zero-order valence-electron chi connectivity index (χ0n) is 18.8. The number of aryl methyl sites for hydroxylation is 1. The van der Waals surface area contributed by atoms with Crippen LogP contribution in [0.4, 0.5) is 11.4 Å². The molecule has 2 aromatic carbocycles. The number of halogens is 1. The molecule has 1 heterocycles. The number of hydrogen-bond acceptors (Lipinski definition) is 7. The van der Waals surface area contributed by atoms with Crippen molar-refractivity contribution in [2.45, 2.75) is 27.3 Å². The zero-order valence-corrected chi connectivity index (χ0v) is 19.6. The lowest BCUT2D eigenvalue weighted by Crippen LogP contribution is -2.22. The molecule has 0 radical (unpaired) electrons. The number of ether oxygens (including phenoxy) is 2. The van der Waals surface area contributed by atoms with Crippen LogP contribution in [-0.2, 0) is 16.1 Å². The van der Waals surface area contributed by atoms with E-state index in [0.717, 1.165) is 5.56 Å². The number of nitro benzene ring substituents is 1. The monoisotopic (exact) mass is 486 g/mol. The Hall–Kier alpha value is -3.92. The van der Waals surface area contributed by atoms with E-state index in [-0.39, 0.29) is 16.9 Å². The molecule has 1 aromatic heterocycles. The summed E-state index contributed by atoms with van der Waals surface area (Å²) in [6.07, 6.45) is 0. The first-order chi connectivity index (χ1) is 16.2. The van der Waals surface area contributed by atoms with Crippen LogP contribution in [0, 0.1) is 24.0 Å². The van der Waals surface area contributed by atoms with Crippen molar-refractivity contribution in [2.75, 3.05) is 18.5 Å². The highest BCUT2D eigenvalue weighted by atomic mass is 35.5. The van der Waals surface area contributed by atoms with Gasteiger partial charge in [0.05, 0.1) is 35.5 Å². The molecule has 1 N–H and O–H groups in total. The van der Waals surface area contributed by atoms with Gasteiger partial charge in [-0.25, -0.2) is 4.79 Å². The average molecular weight is 487 g/mol. The molecule has 3 rings (SSSR count). The molecule has 0 aliphatic carbocycles. The highest BCUT2D eigenvalue weighted by Gasteiger charge is 2.22. The first kappa shape index (κ1) is 24.7.